The summed E-state index contributed by atoms with van der Waals surface area (Å²) in [5.74, 6) is 0.253. The number of halogens is 1. The van der Waals surface area contributed by atoms with Crippen molar-refractivity contribution in [3.63, 3.8) is 0 Å². The van der Waals surface area contributed by atoms with Crippen LogP contribution in [0.3, 0.4) is 0 Å². The Morgan fingerprint density at radius 1 is 1.17 bits per heavy atom. The zero-order valence-corrected chi connectivity index (χ0v) is 15.7. The highest BCUT2D eigenvalue weighted by Gasteiger charge is 2.36. The van der Waals surface area contributed by atoms with E-state index < -0.39 is 10.0 Å². The molecule has 23 heavy (non-hydrogen) atoms. The highest BCUT2D eigenvalue weighted by atomic mass is 35.5. The highest BCUT2D eigenvalue weighted by molar-refractivity contribution is 7.89. The Morgan fingerprint density at radius 2 is 1.78 bits per heavy atom. The Balaban J connectivity index is 0.00000264. The fourth-order valence-corrected chi connectivity index (χ4v) is 4.71. The van der Waals surface area contributed by atoms with Gasteiger partial charge < -0.3 is 10.6 Å². The van der Waals surface area contributed by atoms with E-state index in [1.165, 1.54) is 4.31 Å². The number of carbonyl (C=O) groups excluding carboxylic acids is 1. The number of carbonyl (C=O) groups is 1. The number of piperidine rings is 2. The van der Waals surface area contributed by atoms with E-state index in [0.29, 0.717) is 25.9 Å². The van der Waals surface area contributed by atoms with Crippen LogP contribution in [0.1, 0.15) is 46.0 Å². The number of sulfonamides is 1. The van der Waals surface area contributed by atoms with Gasteiger partial charge in [0.2, 0.25) is 15.9 Å². The summed E-state index contributed by atoms with van der Waals surface area (Å²) >= 11 is 0. The molecule has 2 unspecified atom stereocenters. The Morgan fingerprint density at radius 3 is 2.30 bits per heavy atom. The van der Waals surface area contributed by atoms with Crippen LogP contribution in [0.15, 0.2) is 0 Å². The van der Waals surface area contributed by atoms with Gasteiger partial charge in [-0.05, 0) is 46.0 Å². The van der Waals surface area contributed by atoms with Crippen LogP contribution in [0.25, 0.3) is 0 Å². The van der Waals surface area contributed by atoms with E-state index in [2.05, 4.69) is 0 Å². The van der Waals surface area contributed by atoms with Gasteiger partial charge in [0.1, 0.15) is 0 Å². The van der Waals surface area contributed by atoms with Crippen LogP contribution in [-0.4, -0.2) is 61.0 Å². The van der Waals surface area contributed by atoms with Crippen molar-refractivity contribution >= 4 is 28.3 Å². The summed E-state index contributed by atoms with van der Waals surface area (Å²) in [5.41, 5.74) is 6.04. The maximum atomic E-state index is 12.8. The van der Waals surface area contributed by atoms with Gasteiger partial charge in [-0.2, -0.15) is 0 Å². The largest absolute Gasteiger partial charge is 0.338 e. The van der Waals surface area contributed by atoms with E-state index >= 15 is 0 Å². The molecule has 136 valence electrons. The Bertz CT molecular complexity index is 490. The van der Waals surface area contributed by atoms with Crippen molar-refractivity contribution in [3.8, 4) is 0 Å². The molecule has 0 bridgehead atoms. The maximum absolute atomic E-state index is 12.8. The average Bonchev–Trinajstić information content (AvgIpc) is 2.54. The van der Waals surface area contributed by atoms with E-state index in [0.717, 1.165) is 25.8 Å². The lowest BCUT2D eigenvalue weighted by Crippen LogP contribution is -2.54. The lowest BCUT2D eigenvalue weighted by atomic mass is 9.91. The molecule has 2 saturated heterocycles. The zero-order chi connectivity index (χ0) is 16.3. The molecule has 0 saturated carbocycles. The van der Waals surface area contributed by atoms with Crippen molar-refractivity contribution in [1.82, 2.24) is 9.21 Å². The van der Waals surface area contributed by atoms with Crippen molar-refractivity contribution in [2.45, 2.75) is 58.0 Å². The van der Waals surface area contributed by atoms with Gasteiger partial charge in [-0.3, -0.25) is 4.79 Å². The SMILES string of the molecule is CCS(=O)(=O)N1CCC(C(=O)N2CCCCC2C(C)N)CC1.Cl. The van der Waals surface area contributed by atoms with Gasteiger partial charge in [0.15, 0.2) is 0 Å². The molecule has 2 N–H and O–H groups in total. The number of amides is 1. The minimum atomic E-state index is -3.13. The first kappa shape index (κ1) is 20.7. The van der Waals surface area contributed by atoms with Crippen LogP contribution >= 0.6 is 12.4 Å². The van der Waals surface area contributed by atoms with Crippen LogP contribution < -0.4 is 5.73 Å². The van der Waals surface area contributed by atoms with Gasteiger partial charge in [-0.15, -0.1) is 12.4 Å². The minimum Gasteiger partial charge on any atom is -0.338 e. The quantitative estimate of drug-likeness (QED) is 0.809. The predicted molar refractivity (Wildman–Crippen MR) is 94.0 cm³/mol. The molecule has 1 amide bonds. The smallest absolute Gasteiger partial charge is 0.226 e. The van der Waals surface area contributed by atoms with E-state index in [1.54, 1.807) is 6.92 Å². The van der Waals surface area contributed by atoms with Crippen LogP contribution in [0.5, 0.6) is 0 Å². The molecule has 2 atom stereocenters. The van der Waals surface area contributed by atoms with Crippen molar-refractivity contribution in [1.29, 1.82) is 0 Å². The monoisotopic (exact) mass is 367 g/mol. The van der Waals surface area contributed by atoms with E-state index in [1.807, 2.05) is 11.8 Å². The molecule has 8 heteroatoms. The molecular weight excluding hydrogens is 338 g/mol. The summed E-state index contributed by atoms with van der Waals surface area (Å²) in [6.45, 7) is 5.34. The standard InChI is InChI=1S/C15H29N3O3S.ClH/c1-3-22(20,21)17-10-7-13(8-11-17)15(19)18-9-5-4-6-14(18)12(2)16;/h12-14H,3-11,16H2,1-2H3;1H. The molecule has 6 nitrogen and oxygen atoms in total. The summed E-state index contributed by atoms with van der Waals surface area (Å²) in [6.07, 6.45) is 4.40. The molecule has 0 radical (unpaired) electrons. The molecule has 2 aliphatic rings. The number of likely N-dealkylation sites (tertiary alicyclic amines) is 1. The molecule has 0 aromatic rings. The Labute approximate surface area is 146 Å². The van der Waals surface area contributed by atoms with Crippen LogP contribution in [0.4, 0.5) is 0 Å². The summed E-state index contributed by atoms with van der Waals surface area (Å²) in [5, 5.41) is 0. The molecule has 2 heterocycles. The lowest BCUT2D eigenvalue weighted by molar-refractivity contribution is -0.141. The van der Waals surface area contributed by atoms with Gasteiger partial charge in [0.25, 0.3) is 0 Å². The van der Waals surface area contributed by atoms with Crippen LogP contribution in [0.2, 0.25) is 0 Å². The first-order valence-corrected chi connectivity index (χ1v) is 10.0. The molecule has 2 aliphatic heterocycles. The summed E-state index contributed by atoms with van der Waals surface area (Å²) in [6, 6.07) is 0.128. The van der Waals surface area contributed by atoms with Crippen molar-refractivity contribution in [2.24, 2.45) is 11.7 Å². The van der Waals surface area contributed by atoms with E-state index in [9.17, 15) is 13.2 Å². The second-order valence-electron chi connectivity index (χ2n) is 6.53. The lowest BCUT2D eigenvalue weighted by Gasteiger charge is -2.41. The van der Waals surface area contributed by atoms with Gasteiger partial charge in [0.05, 0.1) is 5.75 Å². The molecule has 2 rings (SSSR count). The second-order valence-corrected chi connectivity index (χ2v) is 8.79. The molecule has 0 aromatic heterocycles. The van der Waals surface area contributed by atoms with Gasteiger partial charge in [-0.25, -0.2) is 12.7 Å². The summed E-state index contributed by atoms with van der Waals surface area (Å²) in [4.78, 5) is 14.8. The average molecular weight is 368 g/mol. The number of hydrogen-bond donors (Lipinski definition) is 1. The fourth-order valence-electron chi connectivity index (χ4n) is 3.58. The number of rotatable bonds is 4. The van der Waals surface area contributed by atoms with Crippen molar-refractivity contribution in [2.75, 3.05) is 25.4 Å². The number of nitrogens with two attached hydrogens (primary N) is 1. The first-order valence-electron chi connectivity index (χ1n) is 8.40. The third kappa shape index (κ3) is 4.81. The molecular formula is C15H30ClN3O3S. The topological polar surface area (TPSA) is 83.7 Å². The van der Waals surface area contributed by atoms with Crippen molar-refractivity contribution in [3.05, 3.63) is 0 Å². The van der Waals surface area contributed by atoms with E-state index in [4.69, 9.17) is 5.73 Å². The van der Waals surface area contributed by atoms with Crippen LogP contribution in [0, 0.1) is 5.92 Å². The number of hydrogen-bond acceptors (Lipinski definition) is 4. The predicted octanol–water partition coefficient (Wildman–Crippen LogP) is 1.20. The molecule has 0 aliphatic carbocycles. The highest BCUT2D eigenvalue weighted by Crippen LogP contribution is 2.26. The minimum absolute atomic E-state index is 0. The third-order valence-corrected chi connectivity index (χ3v) is 6.88. The van der Waals surface area contributed by atoms with Gasteiger partial charge in [0, 0.05) is 37.6 Å². The molecule has 0 aromatic carbocycles. The zero-order valence-electron chi connectivity index (χ0n) is 14.1. The Kier molecular flexibility index (Phi) is 7.77. The third-order valence-electron chi connectivity index (χ3n) is 5.00. The number of nitrogens with zero attached hydrogens (tertiary/aromatic N) is 2. The summed E-state index contributed by atoms with van der Waals surface area (Å²) in [7, 11) is -3.13. The Hall–Kier alpha value is -0.370. The van der Waals surface area contributed by atoms with Gasteiger partial charge in [-0.1, -0.05) is 0 Å². The van der Waals surface area contributed by atoms with E-state index in [-0.39, 0.29) is 42.1 Å². The second kappa shape index (κ2) is 8.65. The maximum Gasteiger partial charge on any atom is 0.226 e. The molecule has 0 spiro atoms. The van der Waals surface area contributed by atoms with Gasteiger partial charge >= 0.3 is 0 Å². The fraction of sp³-hybridized carbons (Fsp3) is 0.933. The summed E-state index contributed by atoms with van der Waals surface area (Å²) < 4.78 is 25.3. The van der Waals surface area contributed by atoms with Crippen LogP contribution in [-0.2, 0) is 14.8 Å². The molecule has 2 fully saturated rings. The van der Waals surface area contributed by atoms with Crippen molar-refractivity contribution < 1.29 is 13.2 Å². The first-order chi connectivity index (χ1) is 10.4. The normalized spacial score (nSPS) is 25.7.